The fraction of sp³-hybridized carbons (Fsp3) is 0.133. The molecule has 1 aromatic heterocycles. The number of benzene rings is 1. The van der Waals surface area contributed by atoms with E-state index in [1.54, 1.807) is 12.1 Å². The van der Waals surface area contributed by atoms with Crippen LogP contribution >= 0.6 is 46.4 Å². The van der Waals surface area contributed by atoms with Crippen molar-refractivity contribution in [3.63, 3.8) is 0 Å². The highest BCUT2D eigenvalue weighted by Crippen LogP contribution is 2.31. The molecule has 0 aliphatic rings. The van der Waals surface area contributed by atoms with Crippen LogP contribution in [0.5, 0.6) is 5.75 Å². The third kappa shape index (κ3) is 4.89. The van der Waals surface area contributed by atoms with E-state index in [1.165, 1.54) is 13.2 Å². The lowest BCUT2D eigenvalue weighted by Gasteiger charge is -2.09. The van der Waals surface area contributed by atoms with Crippen molar-refractivity contribution < 1.29 is 19.1 Å². The van der Waals surface area contributed by atoms with E-state index < -0.39 is 18.5 Å². The molecule has 0 atom stereocenters. The maximum atomic E-state index is 11.9. The van der Waals surface area contributed by atoms with Gasteiger partial charge in [-0.15, -0.1) is 0 Å². The van der Waals surface area contributed by atoms with Crippen molar-refractivity contribution in [3.05, 3.63) is 50.2 Å². The van der Waals surface area contributed by atoms with Gasteiger partial charge in [0.25, 0.3) is 5.91 Å². The van der Waals surface area contributed by atoms with E-state index in [9.17, 15) is 9.59 Å². The van der Waals surface area contributed by atoms with Crippen molar-refractivity contribution in [3.8, 4) is 5.75 Å². The Hall–Kier alpha value is -1.73. The van der Waals surface area contributed by atoms with E-state index in [4.69, 9.17) is 55.9 Å². The standard InChI is InChI=1S/C15H10Cl4N2O4/c1-24-10-3-2-7(4-8(10)16)21-11(22)6-25-15(23)14-13(19)12(18)9(17)5-20-14/h2-5H,6H2,1H3,(H,21,22). The molecular formula is C15H10Cl4N2O4. The van der Waals surface area contributed by atoms with Crippen molar-refractivity contribution in [2.24, 2.45) is 0 Å². The van der Waals surface area contributed by atoms with E-state index in [1.807, 2.05) is 0 Å². The van der Waals surface area contributed by atoms with Crippen LogP contribution in [0, 0.1) is 0 Å². The molecule has 0 saturated carbocycles. The average molecular weight is 424 g/mol. The van der Waals surface area contributed by atoms with E-state index in [0.717, 1.165) is 6.20 Å². The number of anilines is 1. The van der Waals surface area contributed by atoms with Crippen LogP contribution in [0.4, 0.5) is 5.69 Å². The fourth-order valence-electron chi connectivity index (χ4n) is 1.73. The summed E-state index contributed by atoms with van der Waals surface area (Å²) < 4.78 is 9.86. The molecule has 1 amide bonds. The number of carbonyl (C=O) groups excluding carboxylic acids is 2. The Morgan fingerprint density at radius 1 is 1.12 bits per heavy atom. The summed E-state index contributed by atoms with van der Waals surface area (Å²) in [6.07, 6.45) is 1.16. The third-order valence-electron chi connectivity index (χ3n) is 2.88. The first kappa shape index (κ1) is 19.6. The number of hydrogen-bond acceptors (Lipinski definition) is 5. The Balaban J connectivity index is 1.97. The topological polar surface area (TPSA) is 77.5 Å². The monoisotopic (exact) mass is 422 g/mol. The second-order valence-electron chi connectivity index (χ2n) is 4.56. The zero-order valence-electron chi connectivity index (χ0n) is 12.6. The molecule has 25 heavy (non-hydrogen) atoms. The Morgan fingerprint density at radius 2 is 1.84 bits per heavy atom. The number of nitrogens with zero attached hydrogens (tertiary/aromatic N) is 1. The Morgan fingerprint density at radius 3 is 2.48 bits per heavy atom. The predicted octanol–water partition coefficient (Wildman–Crippen LogP) is 4.50. The Bertz CT molecular complexity index is 829. The minimum atomic E-state index is -0.911. The van der Waals surface area contributed by atoms with Gasteiger partial charge in [0, 0.05) is 11.9 Å². The molecule has 10 heteroatoms. The molecule has 132 valence electrons. The molecule has 0 saturated heterocycles. The second-order valence-corrected chi connectivity index (χ2v) is 6.13. The number of esters is 1. The highest BCUT2D eigenvalue weighted by molar-refractivity contribution is 6.48. The highest BCUT2D eigenvalue weighted by atomic mass is 35.5. The van der Waals surface area contributed by atoms with E-state index in [0.29, 0.717) is 16.5 Å². The lowest BCUT2D eigenvalue weighted by Crippen LogP contribution is -2.21. The molecule has 0 spiro atoms. The summed E-state index contributed by atoms with van der Waals surface area (Å²) in [5.74, 6) is -1.02. The molecule has 1 aromatic carbocycles. The zero-order chi connectivity index (χ0) is 18.6. The van der Waals surface area contributed by atoms with Gasteiger partial charge in [0.15, 0.2) is 12.3 Å². The van der Waals surface area contributed by atoms with Gasteiger partial charge in [0.2, 0.25) is 0 Å². The number of hydrogen-bond donors (Lipinski definition) is 1. The minimum Gasteiger partial charge on any atom is -0.495 e. The number of carbonyl (C=O) groups is 2. The number of rotatable bonds is 5. The minimum absolute atomic E-state index is 0.0254. The van der Waals surface area contributed by atoms with E-state index in [2.05, 4.69) is 10.3 Å². The molecular weight excluding hydrogens is 414 g/mol. The van der Waals surface area contributed by atoms with Gasteiger partial charge in [-0.3, -0.25) is 4.79 Å². The van der Waals surface area contributed by atoms with Crippen molar-refractivity contribution in [1.82, 2.24) is 4.98 Å². The summed E-state index contributed by atoms with van der Waals surface area (Å²) in [5, 5.41) is 2.76. The maximum Gasteiger partial charge on any atom is 0.359 e. The van der Waals surface area contributed by atoms with Crippen LogP contribution in [0.3, 0.4) is 0 Å². The van der Waals surface area contributed by atoms with Crippen LogP contribution in [0.15, 0.2) is 24.4 Å². The summed E-state index contributed by atoms with van der Waals surface area (Å²) in [6, 6.07) is 4.67. The Labute approximate surface area is 162 Å². The van der Waals surface area contributed by atoms with Crippen LogP contribution in [-0.2, 0) is 9.53 Å². The lowest BCUT2D eigenvalue weighted by molar-refractivity contribution is -0.119. The molecule has 2 aromatic rings. The normalized spacial score (nSPS) is 10.3. The summed E-state index contributed by atoms with van der Waals surface area (Å²) in [5.41, 5.74) is 0.175. The number of nitrogens with one attached hydrogen (secondary N) is 1. The number of pyridine rings is 1. The van der Waals surface area contributed by atoms with Crippen LogP contribution in [0.1, 0.15) is 10.5 Å². The van der Waals surface area contributed by atoms with Gasteiger partial charge >= 0.3 is 5.97 Å². The second kappa shape index (κ2) is 8.58. The molecule has 0 fully saturated rings. The van der Waals surface area contributed by atoms with Crippen molar-refractivity contribution in [1.29, 1.82) is 0 Å². The zero-order valence-corrected chi connectivity index (χ0v) is 15.6. The number of aromatic nitrogens is 1. The first-order valence-corrected chi connectivity index (χ1v) is 8.14. The van der Waals surface area contributed by atoms with Gasteiger partial charge in [-0.1, -0.05) is 46.4 Å². The number of methoxy groups -OCH3 is 1. The first-order valence-electron chi connectivity index (χ1n) is 6.63. The largest absolute Gasteiger partial charge is 0.495 e. The molecule has 0 unspecified atom stereocenters. The van der Waals surface area contributed by atoms with Crippen LogP contribution in [0.25, 0.3) is 0 Å². The first-order chi connectivity index (χ1) is 11.8. The molecule has 2 rings (SSSR count). The van der Waals surface area contributed by atoms with E-state index in [-0.39, 0.29) is 20.8 Å². The quantitative estimate of drug-likeness (QED) is 0.716. The maximum absolute atomic E-state index is 11.9. The number of halogens is 4. The van der Waals surface area contributed by atoms with E-state index >= 15 is 0 Å². The number of amides is 1. The van der Waals surface area contributed by atoms with Gasteiger partial charge < -0.3 is 14.8 Å². The van der Waals surface area contributed by atoms with Crippen LogP contribution in [-0.4, -0.2) is 30.6 Å². The highest BCUT2D eigenvalue weighted by Gasteiger charge is 2.19. The average Bonchev–Trinajstić information content (AvgIpc) is 2.58. The van der Waals surface area contributed by atoms with Gasteiger partial charge in [0.05, 0.1) is 27.2 Å². The fourth-order valence-corrected chi connectivity index (χ4v) is 2.54. The van der Waals surface area contributed by atoms with Gasteiger partial charge in [-0.05, 0) is 18.2 Å². The van der Waals surface area contributed by atoms with Gasteiger partial charge in [0.1, 0.15) is 5.75 Å². The van der Waals surface area contributed by atoms with Crippen molar-refractivity contribution in [2.45, 2.75) is 0 Å². The Kier molecular flexibility index (Phi) is 6.72. The molecule has 0 bridgehead atoms. The summed E-state index contributed by atoms with van der Waals surface area (Å²) in [6.45, 7) is -0.555. The summed E-state index contributed by atoms with van der Waals surface area (Å²) in [7, 11) is 1.47. The van der Waals surface area contributed by atoms with Crippen LogP contribution < -0.4 is 10.1 Å². The third-order valence-corrected chi connectivity index (χ3v) is 4.42. The van der Waals surface area contributed by atoms with Crippen molar-refractivity contribution in [2.75, 3.05) is 19.0 Å². The van der Waals surface area contributed by atoms with Crippen molar-refractivity contribution >= 4 is 64.0 Å². The van der Waals surface area contributed by atoms with Gasteiger partial charge in [-0.25, -0.2) is 9.78 Å². The molecule has 1 heterocycles. The molecule has 0 aliphatic heterocycles. The molecule has 0 aliphatic carbocycles. The predicted molar refractivity (Wildman–Crippen MR) is 96.2 cm³/mol. The SMILES string of the molecule is COc1ccc(NC(=O)COC(=O)c2ncc(Cl)c(Cl)c2Cl)cc1Cl. The molecule has 6 nitrogen and oxygen atoms in total. The smallest absolute Gasteiger partial charge is 0.359 e. The lowest BCUT2D eigenvalue weighted by atomic mass is 10.3. The summed E-state index contributed by atoms with van der Waals surface area (Å²) >= 11 is 23.4. The van der Waals surface area contributed by atoms with Gasteiger partial charge in [-0.2, -0.15) is 0 Å². The number of ether oxygens (including phenoxy) is 2. The molecule has 1 N–H and O–H groups in total. The molecule has 0 radical (unpaired) electrons. The summed E-state index contributed by atoms with van der Waals surface area (Å²) in [4.78, 5) is 27.5. The van der Waals surface area contributed by atoms with Crippen LogP contribution in [0.2, 0.25) is 20.1 Å².